The molecule has 0 aromatic rings. The van der Waals surface area contributed by atoms with Crippen LogP contribution in [0.25, 0.3) is 0 Å². The van der Waals surface area contributed by atoms with Gasteiger partial charge in [0.15, 0.2) is 0 Å². The quantitative estimate of drug-likeness (QED) is 0.463. The van der Waals surface area contributed by atoms with Gasteiger partial charge >= 0.3 is 11.9 Å². The van der Waals surface area contributed by atoms with E-state index in [4.69, 9.17) is 0 Å². The molecule has 14 heavy (non-hydrogen) atoms. The lowest BCUT2D eigenvalue weighted by atomic mass is 9.87. The topological polar surface area (TPSA) is 46.6 Å². The van der Waals surface area contributed by atoms with E-state index in [0.29, 0.717) is 0 Å². The van der Waals surface area contributed by atoms with Gasteiger partial charge in [0.1, 0.15) is 0 Å². The summed E-state index contributed by atoms with van der Waals surface area (Å²) in [6.07, 6.45) is 0. The van der Waals surface area contributed by atoms with Gasteiger partial charge < -0.3 is 4.74 Å². The second-order valence-electron chi connectivity index (χ2n) is 4.79. The fraction of sp³-hybridized carbons (Fsp3) is 0.800. The summed E-state index contributed by atoms with van der Waals surface area (Å²) in [5.41, 5.74) is 0.0535. The maximum absolute atomic E-state index is 11.0. The Morgan fingerprint density at radius 2 is 1.64 bits per heavy atom. The van der Waals surface area contributed by atoms with Crippen LogP contribution in [0.1, 0.15) is 27.7 Å². The minimum atomic E-state index is -0.447. The van der Waals surface area contributed by atoms with Crippen molar-refractivity contribution in [3.8, 4) is 0 Å². The predicted molar refractivity (Wildman–Crippen MR) is 51.6 cm³/mol. The van der Waals surface area contributed by atoms with E-state index in [1.165, 1.54) is 0 Å². The molecule has 1 aliphatic rings. The maximum atomic E-state index is 11.0. The van der Waals surface area contributed by atoms with Crippen molar-refractivity contribution in [3.63, 3.8) is 0 Å². The Labute approximate surface area is 84.2 Å². The van der Waals surface area contributed by atoms with E-state index in [1.54, 1.807) is 0 Å². The second kappa shape index (κ2) is 3.69. The average Bonchev–Trinajstić information content (AvgIpc) is 1.99. The molecule has 0 spiro atoms. The molecule has 0 saturated carbocycles. The first-order chi connectivity index (χ1) is 6.30. The first-order valence-corrected chi connectivity index (χ1v) is 4.78. The molecule has 1 fully saturated rings. The Bertz CT molecular complexity index is 239. The third-order valence-electron chi connectivity index (χ3n) is 2.69. The number of hydrogen-bond acceptors (Lipinski definition) is 4. The van der Waals surface area contributed by atoms with E-state index >= 15 is 0 Å². The van der Waals surface area contributed by atoms with Gasteiger partial charge in [-0.25, -0.2) is 0 Å². The van der Waals surface area contributed by atoms with E-state index in [2.05, 4.69) is 25.5 Å². The molecule has 4 nitrogen and oxygen atoms in total. The van der Waals surface area contributed by atoms with Crippen molar-refractivity contribution in [2.45, 2.75) is 33.7 Å². The molecule has 0 aliphatic carbocycles. The van der Waals surface area contributed by atoms with Gasteiger partial charge in [-0.2, -0.15) is 0 Å². The predicted octanol–water partition coefficient (Wildman–Crippen LogP) is 0.806. The van der Waals surface area contributed by atoms with E-state index in [9.17, 15) is 9.59 Å². The minimum Gasteiger partial charge on any atom is -0.391 e. The third kappa shape index (κ3) is 2.54. The molecule has 0 aromatic heterocycles. The van der Waals surface area contributed by atoms with Crippen molar-refractivity contribution in [2.24, 2.45) is 5.41 Å². The Kier molecular flexibility index (Phi) is 2.95. The van der Waals surface area contributed by atoms with Crippen molar-refractivity contribution in [1.82, 2.24) is 4.90 Å². The smallest absolute Gasteiger partial charge is 0.327 e. The van der Waals surface area contributed by atoms with Crippen LogP contribution in [0, 0.1) is 5.41 Å². The van der Waals surface area contributed by atoms with Crippen molar-refractivity contribution in [1.29, 1.82) is 0 Å². The largest absolute Gasteiger partial charge is 0.391 e. The number of hydrogen-bond donors (Lipinski definition) is 0. The summed E-state index contributed by atoms with van der Waals surface area (Å²) < 4.78 is 4.46. The zero-order valence-electron chi connectivity index (χ0n) is 9.16. The highest BCUT2D eigenvalue weighted by Crippen LogP contribution is 2.24. The maximum Gasteiger partial charge on any atom is 0.327 e. The minimum absolute atomic E-state index is 0.0535. The zero-order valence-corrected chi connectivity index (χ0v) is 9.16. The third-order valence-corrected chi connectivity index (χ3v) is 2.69. The van der Waals surface area contributed by atoms with Gasteiger partial charge in [-0.05, 0) is 12.3 Å². The van der Waals surface area contributed by atoms with Gasteiger partial charge in [0.05, 0.1) is 13.1 Å². The van der Waals surface area contributed by atoms with E-state index in [0.717, 1.165) is 0 Å². The molecule has 80 valence electrons. The van der Waals surface area contributed by atoms with Crippen LogP contribution in [0.4, 0.5) is 0 Å². The van der Waals surface area contributed by atoms with E-state index in [1.807, 2.05) is 11.8 Å². The second-order valence-corrected chi connectivity index (χ2v) is 4.79. The number of cyclic esters (lactones) is 2. The Morgan fingerprint density at radius 1 is 1.21 bits per heavy atom. The summed E-state index contributed by atoms with van der Waals surface area (Å²) in [5.74, 6) is -0.894. The highest BCUT2D eigenvalue weighted by atomic mass is 16.6. The summed E-state index contributed by atoms with van der Waals surface area (Å²) in [5, 5.41) is 0. The van der Waals surface area contributed by atoms with E-state index in [-0.39, 0.29) is 24.5 Å². The average molecular weight is 199 g/mol. The summed E-state index contributed by atoms with van der Waals surface area (Å²) >= 11 is 0. The molecule has 1 heterocycles. The fourth-order valence-electron chi connectivity index (χ4n) is 1.40. The van der Waals surface area contributed by atoms with Crippen molar-refractivity contribution >= 4 is 11.9 Å². The van der Waals surface area contributed by atoms with Gasteiger partial charge in [-0.15, -0.1) is 0 Å². The Hall–Kier alpha value is -0.900. The molecule has 0 amide bonds. The Morgan fingerprint density at radius 3 is 2.00 bits per heavy atom. The van der Waals surface area contributed by atoms with Gasteiger partial charge in [0.2, 0.25) is 0 Å². The standard InChI is InChI=1S/C10H17NO3/c1-7(10(2,3)4)11-5-8(12)14-9(13)6-11/h7H,5-6H2,1-4H3. The van der Waals surface area contributed by atoms with Crippen LogP contribution < -0.4 is 0 Å². The monoisotopic (exact) mass is 199 g/mol. The molecule has 1 atom stereocenters. The number of carbonyl (C=O) groups is 2. The van der Waals surface area contributed by atoms with Gasteiger partial charge in [-0.1, -0.05) is 20.8 Å². The number of morpholine rings is 1. The van der Waals surface area contributed by atoms with Gasteiger partial charge in [0, 0.05) is 6.04 Å². The summed E-state index contributed by atoms with van der Waals surface area (Å²) in [6.45, 7) is 8.70. The molecule has 1 saturated heterocycles. The molecule has 1 rings (SSSR count). The lowest BCUT2D eigenvalue weighted by Gasteiger charge is -2.38. The van der Waals surface area contributed by atoms with Crippen LogP contribution in [-0.4, -0.2) is 36.0 Å². The molecular weight excluding hydrogens is 182 g/mol. The van der Waals surface area contributed by atoms with Crippen molar-refractivity contribution < 1.29 is 14.3 Å². The molecule has 0 bridgehead atoms. The van der Waals surface area contributed by atoms with Crippen LogP contribution in [0.15, 0.2) is 0 Å². The summed E-state index contributed by atoms with van der Waals surface area (Å²) in [4.78, 5) is 23.9. The SMILES string of the molecule is CC(N1CC(=O)OC(=O)C1)C(C)(C)C. The first-order valence-electron chi connectivity index (χ1n) is 4.78. The number of rotatable bonds is 1. The van der Waals surface area contributed by atoms with Crippen LogP contribution in [0.2, 0.25) is 0 Å². The van der Waals surface area contributed by atoms with Crippen molar-refractivity contribution in [3.05, 3.63) is 0 Å². The highest BCUT2D eigenvalue weighted by Gasteiger charge is 2.33. The Balaban J connectivity index is 2.68. The molecular formula is C10H17NO3. The van der Waals surface area contributed by atoms with Crippen molar-refractivity contribution in [2.75, 3.05) is 13.1 Å². The van der Waals surface area contributed by atoms with E-state index < -0.39 is 11.9 Å². The number of carbonyl (C=O) groups excluding carboxylic acids is 2. The zero-order chi connectivity index (χ0) is 10.9. The molecule has 4 heteroatoms. The molecule has 1 unspecified atom stereocenters. The lowest BCUT2D eigenvalue weighted by molar-refractivity contribution is -0.168. The molecule has 0 radical (unpaired) electrons. The molecule has 1 aliphatic heterocycles. The highest BCUT2D eigenvalue weighted by molar-refractivity contribution is 5.90. The number of esters is 2. The van der Waals surface area contributed by atoms with Crippen LogP contribution in [0.5, 0.6) is 0 Å². The summed E-state index contributed by atoms with van der Waals surface area (Å²) in [7, 11) is 0. The molecule has 0 aromatic carbocycles. The normalized spacial score (nSPS) is 22.0. The summed E-state index contributed by atoms with van der Waals surface area (Å²) in [6, 6.07) is 0.180. The van der Waals surface area contributed by atoms with Crippen LogP contribution in [0.3, 0.4) is 0 Å². The molecule has 0 N–H and O–H groups in total. The number of ether oxygens (including phenoxy) is 1. The lowest BCUT2D eigenvalue weighted by Crippen LogP contribution is -2.51. The van der Waals surface area contributed by atoms with Crippen LogP contribution >= 0.6 is 0 Å². The van der Waals surface area contributed by atoms with Crippen LogP contribution in [-0.2, 0) is 14.3 Å². The fourth-order valence-corrected chi connectivity index (χ4v) is 1.40. The first kappa shape index (κ1) is 11.2. The number of nitrogens with zero attached hydrogens (tertiary/aromatic N) is 1. The van der Waals surface area contributed by atoms with Gasteiger partial charge in [0.25, 0.3) is 0 Å². The van der Waals surface area contributed by atoms with Gasteiger partial charge in [-0.3, -0.25) is 14.5 Å².